The van der Waals surface area contributed by atoms with Gasteiger partial charge in [-0.1, -0.05) is 13.0 Å². The largest absolute Gasteiger partial charge is 0.497 e. The van der Waals surface area contributed by atoms with Gasteiger partial charge in [-0.2, -0.15) is 0 Å². The van der Waals surface area contributed by atoms with E-state index >= 15 is 0 Å². The first kappa shape index (κ1) is 15.4. The molecule has 0 atom stereocenters. The Balaban J connectivity index is 2.00. The fourth-order valence-corrected chi connectivity index (χ4v) is 2.69. The highest BCUT2D eigenvalue weighted by atomic mass is 16.5. The maximum absolute atomic E-state index is 9.40. The fraction of sp³-hybridized carbons (Fsp3) is 0.600. The van der Waals surface area contributed by atoms with Crippen LogP contribution in [0.25, 0.3) is 0 Å². The summed E-state index contributed by atoms with van der Waals surface area (Å²) in [4.78, 5) is 0. The molecule has 0 bridgehead atoms. The molecule has 0 aliphatic heterocycles. The zero-order valence-corrected chi connectivity index (χ0v) is 12.2. The summed E-state index contributed by atoms with van der Waals surface area (Å²) >= 11 is 0. The highest BCUT2D eigenvalue weighted by molar-refractivity contribution is 6.59. The van der Waals surface area contributed by atoms with E-state index in [4.69, 9.17) is 9.47 Å². The van der Waals surface area contributed by atoms with Crippen molar-refractivity contribution in [1.82, 2.24) is 0 Å². The van der Waals surface area contributed by atoms with Crippen molar-refractivity contribution in [2.24, 2.45) is 5.92 Å². The zero-order valence-electron chi connectivity index (χ0n) is 12.2. The average Bonchev–Trinajstić information content (AvgIpc) is 2.46. The van der Waals surface area contributed by atoms with E-state index in [1.165, 1.54) is 12.8 Å². The molecule has 0 unspecified atom stereocenters. The average molecular weight is 278 g/mol. The predicted octanol–water partition coefficient (Wildman–Crippen LogP) is 1.47. The standard InChI is InChI=1S/C15H23BO4/c1-11-3-5-13(6-4-11)20-10-12-9-14(19-2)7-8-15(12)16(17)18/h7-9,11,13,17-18H,3-6,10H2,1-2H3. The monoisotopic (exact) mass is 278 g/mol. The van der Waals surface area contributed by atoms with E-state index in [1.54, 1.807) is 25.3 Å². The van der Waals surface area contributed by atoms with Gasteiger partial charge in [0.2, 0.25) is 0 Å². The van der Waals surface area contributed by atoms with Gasteiger partial charge in [0.1, 0.15) is 5.75 Å². The summed E-state index contributed by atoms with van der Waals surface area (Å²) in [6, 6.07) is 5.20. The number of rotatable bonds is 5. The van der Waals surface area contributed by atoms with Crippen LogP contribution >= 0.6 is 0 Å². The summed E-state index contributed by atoms with van der Waals surface area (Å²) < 4.78 is 11.1. The molecular weight excluding hydrogens is 255 g/mol. The van der Waals surface area contributed by atoms with Gasteiger partial charge in [0.05, 0.1) is 19.8 Å². The number of benzene rings is 1. The van der Waals surface area contributed by atoms with E-state index in [1.807, 2.05) is 0 Å². The first-order valence-electron chi connectivity index (χ1n) is 7.24. The van der Waals surface area contributed by atoms with Gasteiger partial charge < -0.3 is 19.5 Å². The second-order valence-corrected chi connectivity index (χ2v) is 5.63. The smallest absolute Gasteiger partial charge is 0.488 e. The van der Waals surface area contributed by atoms with Gasteiger partial charge in [0.15, 0.2) is 0 Å². The number of hydrogen-bond donors (Lipinski definition) is 2. The Kier molecular flexibility index (Phi) is 5.46. The Hall–Kier alpha value is -1.04. The van der Waals surface area contributed by atoms with Crippen molar-refractivity contribution >= 4 is 12.6 Å². The third-order valence-electron chi connectivity index (χ3n) is 4.07. The van der Waals surface area contributed by atoms with Crippen LogP contribution in [0.1, 0.15) is 38.2 Å². The van der Waals surface area contributed by atoms with E-state index in [0.717, 1.165) is 24.3 Å². The van der Waals surface area contributed by atoms with Crippen molar-refractivity contribution in [2.75, 3.05) is 7.11 Å². The van der Waals surface area contributed by atoms with Crippen LogP contribution in [0.5, 0.6) is 5.75 Å². The Morgan fingerprint density at radius 3 is 2.50 bits per heavy atom. The third kappa shape index (κ3) is 3.98. The molecule has 0 heterocycles. The third-order valence-corrected chi connectivity index (χ3v) is 4.07. The molecule has 1 saturated carbocycles. The lowest BCUT2D eigenvalue weighted by Crippen LogP contribution is -2.33. The summed E-state index contributed by atoms with van der Waals surface area (Å²) in [5.41, 5.74) is 1.26. The molecule has 1 aliphatic carbocycles. The summed E-state index contributed by atoms with van der Waals surface area (Å²) in [7, 11) is 0.114. The van der Waals surface area contributed by atoms with E-state index < -0.39 is 7.12 Å². The van der Waals surface area contributed by atoms with E-state index in [0.29, 0.717) is 17.8 Å². The first-order chi connectivity index (χ1) is 9.60. The minimum Gasteiger partial charge on any atom is -0.497 e. The molecule has 110 valence electrons. The molecule has 20 heavy (non-hydrogen) atoms. The molecule has 1 aliphatic rings. The number of hydrogen-bond acceptors (Lipinski definition) is 4. The van der Waals surface area contributed by atoms with E-state index in [2.05, 4.69) is 6.92 Å². The lowest BCUT2D eigenvalue weighted by molar-refractivity contribution is 0.00898. The van der Waals surface area contributed by atoms with Crippen LogP contribution in [0.3, 0.4) is 0 Å². The lowest BCUT2D eigenvalue weighted by atomic mass is 9.77. The molecule has 2 rings (SSSR count). The van der Waals surface area contributed by atoms with Gasteiger partial charge in [0.25, 0.3) is 0 Å². The molecule has 2 N–H and O–H groups in total. The molecule has 1 aromatic carbocycles. The van der Waals surface area contributed by atoms with Crippen molar-refractivity contribution in [3.63, 3.8) is 0 Å². The van der Waals surface area contributed by atoms with Crippen molar-refractivity contribution in [2.45, 2.75) is 45.3 Å². The Labute approximate surface area is 120 Å². The van der Waals surface area contributed by atoms with Crippen LogP contribution in [0, 0.1) is 5.92 Å². The molecule has 0 saturated heterocycles. The lowest BCUT2D eigenvalue weighted by Gasteiger charge is -2.26. The minimum atomic E-state index is -1.48. The fourth-order valence-electron chi connectivity index (χ4n) is 2.69. The van der Waals surface area contributed by atoms with Crippen molar-refractivity contribution in [1.29, 1.82) is 0 Å². The van der Waals surface area contributed by atoms with Gasteiger partial charge in [0, 0.05) is 0 Å². The molecule has 0 amide bonds. The maximum atomic E-state index is 9.40. The molecule has 0 radical (unpaired) electrons. The zero-order chi connectivity index (χ0) is 14.5. The molecule has 1 fully saturated rings. The molecule has 4 nitrogen and oxygen atoms in total. The van der Waals surface area contributed by atoms with Crippen LogP contribution in [-0.2, 0) is 11.3 Å². The predicted molar refractivity (Wildman–Crippen MR) is 79.0 cm³/mol. The summed E-state index contributed by atoms with van der Waals surface area (Å²) in [6.07, 6.45) is 4.86. The van der Waals surface area contributed by atoms with Gasteiger partial charge in [-0.3, -0.25) is 0 Å². The summed E-state index contributed by atoms with van der Waals surface area (Å²) in [5, 5.41) is 18.8. The SMILES string of the molecule is COc1ccc(B(O)O)c(COC2CCC(C)CC2)c1. The van der Waals surface area contributed by atoms with Crippen LogP contribution in [-0.4, -0.2) is 30.4 Å². The van der Waals surface area contributed by atoms with Crippen LogP contribution in [0.2, 0.25) is 0 Å². The second kappa shape index (κ2) is 7.11. The van der Waals surface area contributed by atoms with Crippen LogP contribution in [0.4, 0.5) is 0 Å². The Bertz CT molecular complexity index is 428. The molecule has 0 spiro atoms. The van der Waals surface area contributed by atoms with Crippen LogP contribution in [0.15, 0.2) is 18.2 Å². The number of methoxy groups -OCH3 is 1. The van der Waals surface area contributed by atoms with Gasteiger partial charge in [-0.25, -0.2) is 0 Å². The van der Waals surface area contributed by atoms with E-state index in [9.17, 15) is 10.0 Å². The molecule has 1 aromatic rings. The molecule has 5 heteroatoms. The summed E-state index contributed by atoms with van der Waals surface area (Å²) in [5.74, 6) is 1.49. The highest BCUT2D eigenvalue weighted by Gasteiger charge is 2.21. The van der Waals surface area contributed by atoms with Crippen molar-refractivity contribution in [3.8, 4) is 5.75 Å². The summed E-state index contributed by atoms with van der Waals surface area (Å²) in [6.45, 7) is 2.67. The van der Waals surface area contributed by atoms with E-state index in [-0.39, 0.29) is 6.10 Å². The van der Waals surface area contributed by atoms with Crippen LogP contribution < -0.4 is 10.2 Å². The minimum absolute atomic E-state index is 0.279. The van der Waals surface area contributed by atoms with Gasteiger partial charge in [-0.15, -0.1) is 0 Å². The molecule has 0 aromatic heterocycles. The number of ether oxygens (including phenoxy) is 2. The van der Waals surface area contributed by atoms with Crippen molar-refractivity contribution < 1.29 is 19.5 Å². The maximum Gasteiger partial charge on any atom is 0.488 e. The van der Waals surface area contributed by atoms with Gasteiger partial charge >= 0.3 is 7.12 Å². The Morgan fingerprint density at radius 1 is 1.20 bits per heavy atom. The van der Waals surface area contributed by atoms with Crippen molar-refractivity contribution in [3.05, 3.63) is 23.8 Å². The Morgan fingerprint density at radius 2 is 1.90 bits per heavy atom. The van der Waals surface area contributed by atoms with Gasteiger partial charge in [-0.05, 0) is 54.8 Å². The second-order valence-electron chi connectivity index (χ2n) is 5.63. The topological polar surface area (TPSA) is 58.9 Å². The normalized spacial score (nSPS) is 22.6. The molecular formula is C15H23BO4. The first-order valence-corrected chi connectivity index (χ1v) is 7.24. The highest BCUT2D eigenvalue weighted by Crippen LogP contribution is 2.26. The quantitative estimate of drug-likeness (QED) is 0.801.